The molecule has 0 N–H and O–H groups in total. The Morgan fingerprint density at radius 2 is 0.450 bits per heavy atom. The van der Waals surface area contributed by atoms with Gasteiger partial charge in [-0.3, -0.25) is 14.7 Å². The average molecular weight is 1870 g/mol. The minimum absolute atomic E-state index is 0. The van der Waals surface area contributed by atoms with Crippen molar-refractivity contribution in [3.63, 3.8) is 0 Å². The standard InChI is InChI=1S/2C23H24N4O.2C22H23N5O.C20H19N5O.2CH4/c2*1-13(2)26-16(5)27(19-7-6-12-24-22(19)26)20-14(3)8-10-17-18-11-9-15(4)25-23(18)28-21(17)20;2*1-12(2)26-15(5)27(21-20(26)23-10-11-24-21)18-13(3)6-8-16-17-9-7-14(4)25-22(17)28-19(16)18;1-11-5-7-14-15-8-6-12(2)23-20(15)26-17(14)16(11)25-13(3)24(4)18-19(25)22-10-9-21-18;;/h2*6-13,16H,1-5H3;2*6-12,15H,1-5H3;5-10,13H,1-4H3;2*1H4/i2*13D;2*12D;;;. The van der Waals surface area contributed by atoms with Crippen LogP contribution in [0.4, 0.5) is 86.4 Å². The van der Waals surface area contributed by atoms with Crippen LogP contribution in [-0.2, 0) is 0 Å². The summed E-state index contributed by atoms with van der Waals surface area (Å²) in [6.07, 6.45) is 13.4. The Morgan fingerprint density at radius 1 is 0.243 bits per heavy atom. The van der Waals surface area contributed by atoms with E-state index in [2.05, 4.69) is 267 Å². The first kappa shape index (κ1) is 88.4. The van der Waals surface area contributed by atoms with E-state index in [-0.39, 0.29) is 45.7 Å². The number of hydrogen-bond acceptors (Lipinski definition) is 28. The van der Waals surface area contributed by atoms with Crippen LogP contribution in [0.1, 0.15) is 167 Å². The molecule has 5 aliphatic rings. The number of pyridine rings is 7. The molecule has 5 aliphatic heterocycles. The van der Waals surface area contributed by atoms with Crippen LogP contribution in [0.2, 0.25) is 0 Å². The van der Waals surface area contributed by atoms with Crippen molar-refractivity contribution in [1.29, 1.82) is 0 Å². The fourth-order valence-corrected chi connectivity index (χ4v) is 20.9. The third kappa shape index (κ3) is 15.1. The molecule has 5 atom stereocenters. The first-order chi connectivity index (χ1) is 67.6. The van der Waals surface area contributed by atoms with Gasteiger partial charge in [0.15, 0.2) is 74.5 Å². The van der Waals surface area contributed by atoms with Gasteiger partial charge in [0, 0.05) is 163 Å². The molecule has 0 fully saturated rings. The lowest BCUT2D eigenvalue weighted by molar-refractivity contribution is 0.597. The number of rotatable bonds is 9. The number of hydrogen-bond donors (Lipinski definition) is 0. The normalized spacial score (nSPS) is 17.1. The topological polar surface area (TPSA) is 266 Å². The zero-order valence-electron chi connectivity index (χ0n) is 86.2. The molecule has 28 nitrogen and oxygen atoms in total. The Balaban J connectivity index is 0.000000114. The molecule has 0 radical (unpaired) electrons. The Bertz CT molecular complexity index is 7670. The molecule has 15 aromatic heterocycles. The van der Waals surface area contributed by atoms with Crippen molar-refractivity contribution in [3.05, 3.63) is 251 Å². The van der Waals surface area contributed by atoms with Crippen LogP contribution < -0.4 is 49.0 Å². The van der Waals surface area contributed by atoms with E-state index in [1.807, 2.05) is 159 Å². The summed E-state index contributed by atoms with van der Waals surface area (Å²) in [5.41, 5.74) is 24.3. The molecular formula is C112H121N23O5. The van der Waals surface area contributed by atoms with Gasteiger partial charge < -0.3 is 56.4 Å². The number of furan rings is 5. The third-order valence-corrected chi connectivity index (χ3v) is 27.1. The smallest absolute Gasteiger partial charge is 0.227 e. The molecule has 28 heteroatoms. The highest BCUT2D eigenvalue weighted by molar-refractivity contribution is 6.15. The molecule has 0 spiro atoms. The minimum Gasteiger partial charge on any atom is -0.435 e. The van der Waals surface area contributed by atoms with Crippen LogP contribution in [0.15, 0.2) is 217 Å². The van der Waals surface area contributed by atoms with Crippen LogP contribution in [0.3, 0.4) is 0 Å². The molecule has 0 aliphatic carbocycles. The highest BCUT2D eigenvalue weighted by Crippen LogP contribution is 2.55. The molecule has 0 saturated heterocycles. The van der Waals surface area contributed by atoms with Crippen LogP contribution in [-0.4, -0.2) is 127 Å². The predicted octanol–water partition coefficient (Wildman–Crippen LogP) is 27.2. The van der Waals surface area contributed by atoms with Gasteiger partial charge in [0.2, 0.25) is 28.6 Å². The van der Waals surface area contributed by atoms with Gasteiger partial charge in [-0.15, -0.1) is 0 Å². The Morgan fingerprint density at radius 3 is 0.714 bits per heavy atom. The zero-order chi connectivity index (χ0) is 100.0. The predicted molar refractivity (Wildman–Crippen MR) is 570 cm³/mol. The Kier molecular flexibility index (Phi) is 22.8. The summed E-state index contributed by atoms with van der Waals surface area (Å²) in [6.45, 7) is 45.8. The zero-order valence-corrected chi connectivity index (χ0v) is 82.2. The van der Waals surface area contributed by atoms with Crippen molar-refractivity contribution in [1.82, 2.24) is 64.8 Å². The summed E-state index contributed by atoms with van der Waals surface area (Å²) in [5.74, 6) is 6.26. The number of benzene rings is 5. The highest BCUT2D eigenvalue weighted by Gasteiger charge is 2.45. The summed E-state index contributed by atoms with van der Waals surface area (Å²) in [7, 11) is 2.04. The summed E-state index contributed by atoms with van der Waals surface area (Å²) in [5, 5.41) is 10.3. The molecule has 714 valence electrons. The number of anilines is 15. The maximum absolute atomic E-state index is 8.70. The molecule has 0 amide bonds. The molecule has 20 heterocycles. The fourth-order valence-electron chi connectivity index (χ4n) is 20.9. The first-order valence-electron chi connectivity index (χ1n) is 48.8. The van der Waals surface area contributed by atoms with Crippen molar-refractivity contribution in [2.45, 2.75) is 229 Å². The van der Waals surface area contributed by atoms with Crippen LogP contribution in [0.25, 0.3) is 110 Å². The molecule has 20 aromatic rings. The quantitative estimate of drug-likeness (QED) is 0.130. The second kappa shape index (κ2) is 36.1. The maximum Gasteiger partial charge on any atom is 0.227 e. The van der Waals surface area contributed by atoms with Gasteiger partial charge in [-0.05, 0) is 272 Å². The van der Waals surface area contributed by atoms with Crippen LogP contribution >= 0.6 is 0 Å². The molecule has 0 saturated carbocycles. The van der Waals surface area contributed by atoms with Crippen molar-refractivity contribution in [3.8, 4) is 0 Å². The second-order valence-corrected chi connectivity index (χ2v) is 37.3. The Labute approximate surface area is 821 Å². The van der Waals surface area contributed by atoms with E-state index in [0.29, 0.717) is 40.2 Å². The van der Waals surface area contributed by atoms with Gasteiger partial charge in [0.25, 0.3) is 0 Å². The monoisotopic (exact) mass is 1870 g/mol. The van der Waals surface area contributed by atoms with Gasteiger partial charge >= 0.3 is 0 Å². The number of nitrogens with zero attached hydrogens (tertiary/aromatic N) is 23. The summed E-state index contributed by atoms with van der Waals surface area (Å²) < 4.78 is 66.1. The van der Waals surface area contributed by atoms with E-state index in [4.69, 9.17) is 27.6 Å². The van der Waals surface area contributed by atoms with Gasteiger partial charge in [0.05, 0.1) is 45.3 Å². The lowest BCUT2D eigenvalue weighted by Crippen LogP contribution is -2.42. The molecule has 5 aromatic carbocycles. The number of aromatic nitrogens is 13. The van der Waals surface area contributed by atoms with Gasteiger partial charge in [0.1, 0.15) is 30.8 Å². The van der Waals surface area contributed by atoms with E-state index in [1.54, 1.807) is 49.6 Å². The Hall–Kier alpha value is -15.6. The largest absolute Gasteiger partial charge is 0.435 e. The average Bonchev–Trinajstić information content (AvgIpc) is 1.58. The summed E-state index contributed by atoms with van der Waals surface area (Å²) in [6, 6.07) is 46.1. The van der Waals surface area contributed by atoms with E-state index in [0.717, 1.165) is 213 Å². The number of aryl methyl sites for hydroxylation is 10. The molecule has 25 rings (SSSR count). The van der Waals surface area contributed by atoms with Gasteiger partial charge in [-0.2, -0.15) is 0 Å². The van der Waals surface area contributed by atoms with E-state index in [9.17, 15) is 0 Å². The molecule has 140 heavy (non-hydrogen) atoms. The highest BCUT2D eigenvalue weighted by atomic mass is 16.4. The molecule has 5 unspecified atom stereocenters. The molecule has 0 bridgehead atoms. The summed E-state index contributed by atoms with van der Waals surface area (Å²) in [4.78, 5) is 80.7. The van der Waals surface area contributed by atoms with Crippen molar-refractivity contribution in [2.24, 2.45) is 0 Å². The second-order valence-electron chi connectivity index (χ2n) is 37.3. The van der Waals surface area contributed by atoms with Crippen LogP contribution in [0, 0.1) is 69.2 Å². The van der Waals surface area contributed by atoms with Crippen molar-refractivity contribution < 1.29 is 27.6 Å². The maximum atomic E-state index is 8.70. The van der Waals surface area contributed by atoms with E-state index >= 15 is 0 Å². The lowest BCUT2D eigenvalue weighted by Gasteiger charge is -2.33. The number of fused-ring (bicyclic) bond motifs is 20. The van der Waals surface area contributed by atoms with Gasteiger partial charge in [-0.25, -0.2) is 64.8 Å². The van der Waals surface area contributed by atoms with Crippen LogP contribution in [0.5, 0.6) is 0 Å². The van der Waals surface area contributed by atoms with E-state index < -0.39 is 24.1 Å². The molecular weight excluding hydrogens is 1750 g/mol. The third-order valence-electron chi connectivity index (χ3n) is 27.1. The lowest BCUT2D eigenvalue weighted by atomic mass is 10.1. The van der Waals surface area contributed by atoms with Crippen molar-refractivity contribution in [2.75, 3.05) is 56.0 Å². The summed E-state index contributed by atoms with van der Waals surface area (Å²) >= 11 is 0. The van der Waals surface area contributed by atoms with E-state index in [1.165, 1.54) is 0 Å². The SMILES string of the molecule is C.C.Cc1ccc2c(n1)oc1c(N3c4nccnc4N(C)C3C)c(C)ccc12.[2H]C(C)(C)N1c2ncccc2N(c2c(C)ccc3c2oc2nc(C)ccc23)C1C.[2H]C(C)(C)N1c2ncccc2N(c2c(C)ccc3c2oc2nc(C)ccc23)C1C.[2H]C(C)(C)N1c2nccnc2N(c2c(C)ccc3c2oc2nc(C)ccc23)C1C.[2H]C(C)(C)N1c2nccnc2N(c2c(C)ccc3c2oc2nc(C)ccc23)C1C. The first-order valence-corrected chi connectivity index (χ1v) is 46.8. The minimum atomic E-state index is -0.854. The fraction of sp³-hybridized carbons (Fsp3) is 0.312. The van der Waals surface area contributed by atoms with Crippen molar-refractivity contribution >= 4 is 197 Å². The van der Waals surface area contributed by atoms with Gasteiger partial charge in [-0.1, -0.05) is 75.5 Å².